The van der Waals surface area contributed by atoms with Gasteiger partial charge in [0.25, 0.3) is 0 Å². The molecule has 1 saturated heterocycles. The number of rotatable bonds is 4. The predicted octanol–water partition coefficient (Wildman–Crippen LogP) is 3.79. The fourth-order valence-electron chi connectivity index (χ4n) is 5.11. The molecule has 0 spiro atoms. The van der Waals surface area contributed by atoms with Crippen molar-refractivity contribution in [2.24, 2.45) is 11.8 Å². The molecule has 158 valence electrons. The lowest BCUT2D eigenvalue weighted by Crippen LogP contribution is -2.55. The zero-order valence-electron chi connectivity index (χ0n) is 17.1. The molecular formula is C23H27ClN4O2. The number of hydrogen-bond acceptors (Lipinski definition) is 5. The maximum Gasteiger partial charge on any atom is 0.225 e. The highest BCUT2D eigenvalue weighted by Gasteiger charge is 2.41. The first-order valence-electron chi connectivity index (χ1n) is 10.9. The van der Waals surface area contributed by atoms with Gasteiger partial charge in [-0.1, -0.05) is 12.1 Å². The van der Waals surface area contributed by atoms with E-state index in [0.29, 0.717) is 18.5 Å². The summed E-state index contributed by atoms with van der Waals surface area (Å²) in [5.41, 5.74) is 3.02. The maximum absolute atomic E-state index is 12.7. The summed E-state index contributed by atoms with van der Waals surface area (Å²) in [6, 6.07) is 8.26. The lowest BCUT2D eigenvalue weighted by molar-refractivity contribution is -0.130. The lowest BCUT2D eigenvalue weighted by atomic mass is 9.74. The number of aromatic nitrogens is 2. The lowest BCUT2D eigenvalue weighted by Gasteiger charge is -2.42. The van der Waals surface area contributed by atoms with E-state index in [2.05, 4.69) is 21.7 Å². The van der Waals surface area contributed by atoms with Crippen LogP contribution in [0.2, 0.25) is 0 Å². The molecule has 1 saturated carbocycles. The minimum atomic E-state index is -0.121. The molecule has 30 heavy (non-hydrogen) atoms. The van der Waals surface area contributed by atoms with Crippen molar-refractivity contribution >= 4 is 23.5 Å². The Balaban J connectivity index is 1.32. The van der Waals surface area contributed by atoms with Crippen LogP contribution in [0.4, 0.5) is 5.95 Å². The van der Waals surface area contributed by atoms with Crippen LogP contribution < -0.4 is 15.4 Å². The monoisotopic (exact) mass is 426 g/mol. The zero-order valence-corrected chi connectivity index (χ0v) is 17.9. The molecule has 7 heteroatoms. The summed E-state index contributed by atoms with van der Waals surface area (Å²) in [6.07, 6.45) is 6.47. The van der Waals surface area contributed by atoms with Crippen molar-refractivity contribution in [1.82, 2.24) is 15.3 Å². The van der Waals surface area contributed by atoms with Gasteiger partial charge < -0.3 is 15.4 Å². The number of hydrogen-bond donors (Lipinski definition) is 2. The molecule has 3 aliphatic rings. The number of carbonyl (C=O) groups is 1. The van der Waals surface area contributed by atoms with Crippen LogP contribution in [0.1, 0.15) is 38.2 Å². The molecule has 1 amide bonds. The predicted molar refractivity (Wildman–Crippen MR) is 117 cm³/mol. The Hall–Kier alpha value is -2.34. The first-order valence-corrected chi connectivity index (χ1v) is 11.3. The summed E-state index contributed by atoms with van der Waals surface area (Å²) in [4.78, 5) is 21.9. The molecule has 1 aromatic heterocycles. The molecule has 2 aliphatic heterocycles. The molecule has 5 rings (SSSR count). The summed E-state index contributed by atoms with van der Waals surface area (Å²) in [6.45, 7) is 2.74. The first-order chi connectivity index (χ1) is 14.6. The number of para-hydroxylation sites is 1. The molecule has 1 aromatic carbocycles. The van der Waals surface area contributed by atoms with Crippen LogP contribution in [0.15, 0.2) is 30.5 Å². The second-order valence-corrected chi connectivity index (χ2v) is 9.34. The molecule has 4 unspecified atom stereocenters. The smallest absolute Gasteiger partial charge is 0.225 e. The van der Waals surface area contributed by atoms with Crippen LogP contribution in [-0.2, 0) is 11.2 Å². The number of alkyl halides is 1. The van der Waals surface area contributed by atoms with Crippen molar-refractivity contribution in [3.63, 3.8) is 0 Å². The van der Waals surface area contributed by atoms with Crippen molar-refractivity contribution in [2.45, 2.75) is 56.5 Å². The van der Waals surface area contributed by atoms with Crippen LogP contribution in [0.3, 0.4) is 0 Å². The third kappa shape index (κ3) is 3.73. The van der Waals surface area contributed by atoms with Crippen molar-refractivity contribution < 1.29 is 9.53 Å². The Morgan fingerprint density at radius 1 is 1.27 bits per heavy atom. The number of halogens is 1. The van der Waals surface area contributed by atoms with Gasteiger partial charge in [0.2, 0.25) is 11.9 Å². The van der Waals surface area contributed by atoms with Crippen LogP contribution in [0, 0.1) is 11.8 Å². The number of piperidine rings is 1. The normalized spacial score (nSPS) is 28.7. The fraction of sp³-hybridized carbons (Fsp3) is 0.522. The third-order valence-corrected chi connectivity index (χ3v) is 7.14. The molecule has 2 N–H and O–H groups in total. The average molecular weight is 427 g/mol. The molecule has 2 fully saturated rings. The third-order valence-electron chi connectivity index (χ3n) is 6.75. The van der Waals surface area contributed by atoms with Gasteiger partial charge in [-0.15, -0.1) is 11.6 Å². The van der Waals surface area contributed by atoms with E-state index in [1.54, 1.807) is 6.20 Å². The summed E-state index contributed by atoms with van der Waals surface area (Å²) in [5, 5.41) is 6.82. The average Bonchev–Trinajstić information content (AvgIpc) is 3.22. The van der Waals surface area contributed by atoms with Gasteiger partial charge in [-0.3, -0.25) is 4.79 Å². The second kappa shape index (κ2) is 8.06. The number of anilines is 1. The van der Waals surface area contributed by atoms with Crippen molar-refractivity contribution in [2.75, 3.05) is 11.9 Å². The summed E-state index contributed by atoms with van der Waals surface area (Å²) in [7, 11) is 0. The van der Waals surface area contributed by atoms with Crippen molar-refractivity contribution in [1.29, 1.82) is 0 Å². The fourth-order valence-corrected chi connectivity index (χ4v) is 5.47. The molecular weight excluding hydrogens is 400 g/mol. The Morgan fingerprint density at radius 3 is 3.07 bits per heavy atom. The number of nitrogens with one attached hydrogen (secondary N) is 2. The van der Waals surface area contributed by atoms with E-state index < -0.39 is 0 Å². The minimum absolute atomic E-state index is 0.0744. The van der Waals surface area contributed by atoms with E-state index in [1.807, 2.05) is 25.1 Å². The number of nitrogens with zero attached hydrogens (tertiary/aromatic N) is 2. The Labute approximate surface area is 181 Å². The number of amides is 1. The standard InChI is InChI=1S/C23H27ClN4O2/c1-13(18-12-15-11-16(24)5-6-19(15)27-22(18)29)26-23-25-9-7-20(28-23)17-4-2-3-14-8-10-30-21(14)17/h2-4,7,9,13,15-16,18-19H,5-6,8,10-12H2,1H3,(H,27,29)(H,25,26,28)/t13-,15?,16?,18?,19?/m0/s1. The van der Waals surface area contributed by atoms with Crippen molar-refractivity contribution in [3.05, 3.63) is 36.0 Å². The Morgan fingerprint density at radius 2 is 2.17 bits per heavy atom. The molecule has 5 atom stereocenters. The summed E-state index contributed by atoms with van der Waals surface area (Å²) >= 11 is 6.39. The van der Waals surface area contributed by atoms with Crippen LogP contribution in [0.25, 0.3) is 11.3 Å². The van der Waals surface area contributed by atoms with E-state index in [9.17, 15) is 4.79 Å². The van der Waals surface area contributed by atoms with Gasteiger partial charge in [-0.2, -0.15) is 0 Å². The number of carbonyl (C=O) groups excluding carboxylic acids is 1. The molecule has 0 radical (unpaired) electrons. The molecule has 3 heterocycles. The molecule has 6 nitrogen and oxygen atoms in total. The largest absolute Gasteiger partial charge is 0.492 e. The van der Waals surface area contributed by atoms with E-state index in [-0.39, 0.29) is 29.3 Å². The van der Waals surface area contributed by atoms with Gasteiger partial charge >= 0.3 is 0 Å². The molecule has 1 aliphatic carbocycles. The number of ether oxygens (including phenoxy) is 1. The number of fused-ring (bicyclic) bond motifs is 2. The Bertz CT molecular complexity index is 953. The van der Waals surface area contributed by atoms with Gasteiger partial charge in [0.15, 0.2) is 0 Å². The van der Waals surface area contributed by atoms with Crippen molar-refractivity contribution in [3.8, 4) is 17.0 Å². The Kier molecular flexibility index (Phi) is 5.27. The van der Waals surface area contributed by atoms with Crippen LogP contribution >= 0.6 is 11.6 Å². The van der Waals surface area contributed by atoms with E-state index in [0.717, 1.165) is 49.1 Å². The summed E-state index contributed by atoms with van der Waals surface area (Å²) in [5.74, 6) is 1.90. The maximum atomic E-state index is 12.7. The number of benzene rings is 1. The second-order valence-electron chi connectivity index (χ2n) is 8.72. The first kappa shape index (κ1) is 19.6. The topological polar surface area (TPSA) is 76.1 Å². The van der Waals surface area contributed by atoms with Gasteiger partial charge in [-0.05, 0) is 56.2 Å². The van der Waals surface area contributed by atoms with Gasteiger partial charge in [0.1, 0.15) is 5.75 Å². The van der Waals surface area contributed by atoms with E-state index in [1.165, 1.54) is 5.56 Å². The van der Waals surface area contributed by atoms with Crippen LogP contribution in [0.5, 0.6) is 5.75 Å². The zero-order chi connectivity index (χ0) is 20.7. The van der Waals surface area contributed by atoms with Crippen LogP contribution in [-0.4, -0.2) is 39.9 Å². The van der Waals surface area contributed by atoms with Gasteiger partial charge in [-0.25, -0.2) is 9.97 Å². The van der Waals surface area contributed by atoms with E-state index in [4.69, 9.17) is 21.3 Å². The van der Waals surface area contributed by atoms with Gasteiger partial charge in [0, 0.05) is 35.6 Å². The van der Waals surface area contributed by atoms with Gasteiger partial charge in [0.05, 0.1) is 18.2 Å². The molecule has 2 aromatic rings. The quantitative estimate of drug-likeness (QED) is 0.727. The summed E-state index contributed by atoms with van der Waals surface area (Å²) < 4.78 is 5.83. The highest BCUT2D eigenvalue weighted by molar-refractivity contribution is 6.20. The SMILES string of the molecule is C[C@H](Nc1nccc(-c2cccc3c2OCC3)n1)C1CC2CC(Cl)CCC2NC1=O. The highest BCUT2D eigenvalue weighted by atomic mass is 35.5. The molecule has 0 bridgehead atoms. The highest BCUT2D eigenvalue weighted by Crippen LogP contribution is 2.38. The minimum Gasteiger partial charge on any atom is -0.492 e. The van der Waals surface area contributed by atoms with E-state index >= 15 is 0 Å².